The number of hydrogen-bond donors (Lipinski definition) is 2. The average molecular weight is 352 g/mol. The van der Waals surface area contributed by atoms with E-state index in [0.29, 0.717) is 0 Å². The summed E-state index contributed by atoms with van der Waals surface area (Å²) in [6.07, 6.45) is 0. The Morgan fingerprint density at radius 1 is 0.875 bits per heavy atom. The van der Waals surface area contributed by atoms with Gasteiger partial charge < -0.3 is 20.9 Å². The molecule has 0 unspecified atom stereocenters. The Labute approximate surface area is 133 Å². The number of hydrogen-bond acceptors (Lipinski definition) is 3. The van der Waals surface area contributed by atoms with Gasteiger partial charge in [-0.15, -0.1) is 0 Å². The summed E-state index contributed by atoms with van der Waals surface area (Å²) >= 11 is 0. The molecule has 0 spiro atoms. The van der Waals surface area contributed by atoms with Crippen LogP contribution in [0.25, 0.3) is 0 Å². The molecule has 6 nitrogen and oxygen atoms in total. The van der Waals surface area contributed by atoms with Gasteiger partial charge in [-0.2, -0.15) is 0 Å². The molecule has 11 heteroatoms. The van der Waals surface area contributed by atoms with Crippen LogP contribution in [0, 0.1) is 29.1 Å². The molecule has 1 fully saturated rings. The normalized spacial score (nSPS) is 14.7. The molecule has 1 aliphatic rings. The summed E-state index contributed by atoms with van der Waals surface area (Å²) in [5.74, 6) is -10.6. The van der Waals surface area contributed by atoms with E-state index in [9.17, 15) is 31.5 Å². The number of carbonyl (C=O) groups is 2. The zero-order chi connectivity index (χ0) is 18.0. The topological polar surface area (TPSA) is 78.7 Å². The van der Waals surface area contributed by atoms with Crippen LogP contribution in [-0.2, 0) is 4.79 Å². The van der Waals surface area contributed by atoms with Gasteiger partial charge in [0.25, 0.3) is 0 Å². The minimum absolute atomic E-state index is 0.0151. The van der Waals surface area contributed by atoms with Gasteiger partial charge in [-0.05, 0) is 0 Å². The number of nitrogens with two attached hydrogens (primary N) is 1. The van der Waals surface area contributed by atoms with Gasteiger partial charge in [0.2, 0.25) is 11.7 Å². The van der Waals surface area contributed by atoms with E-state index in [1.165, 1.54) is 4.90 Å². The summed E-state index contributed by atoms with van der Waals surface area (Å²) in [4.78, 5) is 24.5. The Hall–Kier alpha value is -2.59. The van der Waals surface area contributed by atoms with E-state index in [-0.39, 0.29) is 32.7 Å². The van der Waals surface area contributed by atoms with Crippen molar-refractivity contribution in [2.45, 2.75) is 0 Å². The number of primary amides is 1. The lowest BCUT2D eigenvalue weighted by Crippen LogP contribution is -2.52. The zero-order valence-electron chi connectivity index (χ0n) is 12.2. The second-order valence-corrected chi connectivity index (χ2v) is 5.00. The number of amides is 3. The SMILES string of the molecule is NC(=O)NCC(=O)N1CCN(c2c(F)c(F)c(F)c(F)c2F)CC1. The first-order valence-corrected chi connectivity index (χ1v) is 6.81. The van der Waals surface area contributed by atoms with Crippen molar-refractivity contribution in [2.24, 2.45) is 5.73 Å². The second-order valence-electron chi connectivity index (χ2n) is 5.00. The fourth-order valence-corrected chi connectivity index (χ4v) is 2.32. The third-order valence-corrected chi connectivity index (χ3v) is 3.55. The first kappa shape index (κ1) is 17.8. The molecule has 1 aromatic rings. The highest BCUT2D eigenvalue weighted by Crippen LogP contribution is 2.30. The van der Waals surface area contributed by atoms with Gasteiger partial charge in [0.15, 0.2) is 23.3 Å². The number of nitrogens with zero attached hydrogens (tertiary/aromatic N) is 2. The van der Waals surface area contributed by atoms with Crippen molar-refractivity contribution in [1.29, 1.82) is 0 Å². The molecule has 0 saturated carbocycles. The molecule has 1 heterocycles. The van der Waals surface area contributed by atoms with E-state index >= 15 is 0 Å². The van der Waals surface area contributed by atoms with E-state index in [0.717, 1.165) is 4.90 Å². The van der Waals surface area contributed by atoms with Crippen molar-refractivity contribution < 1.29 is 31.5 Å². The van der Waals surface area contributed by atoms with Gasteiger partial charge in [0, 0.05) is 26.2 Å². The van der Waals surface area contributed by atoms with Crippen LogP contribution in [0.4, 0.5) is 32.4 Å². The minimum atomic E-state index is -2.22. The van der Waals surface area contributed by atoms with E-state index in [1.807, 2.05) is 0 Å². The Morgan fingerprint density at radius 2 is 1.33 bits per heavy atom. The van der Waals surface area contributed by atoms with Crippen LogP contribution < -0.4 is 16.0 Å². The lowest BCUT2D eigenvalue weighted by Gasteiger charge is -2.36. The fourth-order valence-electron chi connectivity index (χ4n) is 2.32. The van der Waals surface area contributed by atoms with Gasteiger partial charge in [-0.25, -0.2) is 26.7 Å². The lowest BCUT2D eigenvalue weighted by molar-refractivity contribution is -0.130. The number of nitrogens with one attached hydrogen (secondary N) is 1. The van der Waals surface area contributed by atoms with Crippen LogP contribution in [0.3, 0.4) is 0 Å². The Balaban J connectivity index is 2.11. The maximum Gasteiger partial charge on any atom is 0.312 e. The lowest BCUT2D eigenvalue weighted by atomic mass is 10.2. The summed E-state index contributed by atoms with van der Waals surface area (Å²) in [5, 5.41) is 2.10. The maximum absolute atomic E-state index is 13.7. The van der Waals surface area contributed by atoms with Gasteiger partial charge in [-0.1, -0.05) is 0 Å². The number of anilines is 1. The predicted octanol–water partition coefficient (Wildman–Crippen LogP) is 0.699. The molecule has 2 rings (SSSR count). The number of carbonyl (C=O) groups excluding carboxylic acids is 2. The van der Waals surface area contributed by atoms with Crippen molar-refractivity contribution in [2.75, 3.05) is 37.6 Å². The molecule has 0 aliphatic carbocycles. The van der Waals surface area contributed by atoms with Crippen LogP contribution in [0.1, 0.15) is 0 Å². The first-order valence-electron chi connectivity index (χ1n) is 6.81. The number of urea groups is 1. The molecule has 0 bridgehead atoms. The van der Waals surface area contributed by atoms with Crippen molar-refractivity contribution in [3.8, 4) is 0 Å². The molecule has 1 aliphatic heterocycles. The molecule has 0 atom stereocenters. The molecule has 3 N–H and O–H groups in total. The molecule has 0 aromatic heterocycles. The van der Waals surface area contributed by atoms with E-state index in [2.05, 4.69) is 5.32 Å². The van der Waals surface area contributed by atoms with Crippen molar-refractivity contribution in [1.82, 2.24) is 10.2 Å². The van der Waals surface area contributed by atoms with Gasteiger partial charge >= 0.3 is 6.03 Å². The van der Waals surface area contributed by atoms with Gasteiger partial charge in [-0.3, -0.25) is 4.79 Å². The summed E-state index contributed by atoms with van der Waals surface area (Å²) in [6, 6.07) is -0.886. The number of benzene rings is 1. The van der Waals surface area contributed by atoms with Crippen LogP contribution in [0.2, 0.25) is 0 Å². The van der Waals surface area contributed by atoms with Crippen molar-refractivity contribution in [3.05, 3.63) is 29.1 Å². The highest BCUT2D eigenvalue weighted by molar-refractivity contribution is 5.83. The second kappa shape index (κ2) is 6.89. The van der Waals surface area contributed by atoms with E-state index in [1.54, 1.807) is 0 Å². The summed E-state index contributed by atoms with van der Waals surface area (Å²) in [6.45, 7) is -0.656. The molecule has 24 heavy (non-hydrogen) atoms. The quantitative estimate of drug-likeness (QED) is 0.478. The van der Waals surface area contributed by atoms with E-state index < -0.39 is 46.7 Å². The molecule has 132 valence electrons. The fraction of sp³-hybridized carbons (Fsp3) is 0.385. The molecular formula is C13H13F5N4O2. The highest BCUT2D eigenvalue weighted by Gasteiger charge is 2.31. The first-order chi connectivity index (χ1) is 11.2. The van der Waals surface area contributed by atoms with Crippen molar-refractivity contribution in [3.63, 3.8) is 0 Å². The zero-order valence-corrected chi connectivity index (χ0v) is 12.2. The largest absolute Gasteiger partial charge is 0.363 e. The third-order valence-electron chi connectivity index (χ3n) is 3.55. The van der Waals surface area contributed by atoms with Crippen molar-refractivity contribution >= 4 is 17.6 Å². The number of piperazine rings is 1. The summed E-state index contributed by atoms with van der Waals surface area (Å²) in [7, 11) is 0. The van der Waals surface area contributed by atoms with Crippen LogP contribution in [-0.4, -0.2) is 49.6 Å². The molecule has 1 aromatic carbocycles. The summed E-state index contributed by atoms with van der Waals surface area (Å²) in [5.41, 5.74) is 3.81. The Kier molecular flexibility index (Phi) is 5.10. The monoisotopic (exact) mass is 352 g/mol. The number of rotatable bonds is 3. The standard InChI is InChI=1S/C13H13F5N4O2/c14-7-8(15)10(17)12(11(18)9(7)16)22-3-1-21(2-4-22)6(23)5-20-13(19)24/h1-5H2,(H3,19,20,24). The van der Waals surface area contributed by atoms with Gasteiger partial charge in [0.05, 0.1) is 6.54 Å². The molecule has 3 amide bonds. The van der Waals surface area contributed by atoms with Crippen LogP contribution in [0.5, 0.6) is 0 Å². The average Bonchev–Trinajstić information content (AvgIpc) is 2.57. The predicted molar refractivity (Wildman–Crippen MR) is 72.6 cm³/mol. The highest BCUT2D eigenvalue weighted by atomic mass is 19.2. The smallest absolute Gasteiger partial charge is 0.312 e. The molecule has 1 saturated heterocycles. The molecule has 0 radical (unpaired) electrons. The summed E-state index contributed by atoms with van der Waals surface area (Å²) < 4.78 is 67.0. The maximum atomic E-state index is 13.7. The minimum Gasteiger partial charge on any atom is -0.363 e. The van der Waals surface area contributed by atoms with Crippen LogP contribution >= 0.6 is 0 Å². The molecular weight excluding hydrogens is 339 g/mol. The Morgan fingerprint density at radius 3 is 1.79 bits per heavy atom. The number of halogens is 5. The van der Waals surface area contributed by atoms with E-state index in [4.69, 9.17) is 5.73 Å². The third kappa shape index (κ3) is 3.34. The van der Waals surface area contributed by atoms with Crippen LogP contribution in [0.15, 0.2) is 0 Å². The Bertz CT molecular complexity index is 648. The van der Waals surface area contributed by atoms with Gasteiger partial charge in [0.1, 0.15) is 5.69 Å².